The summed E-state index contributed by atoms with van der Waals surface area (Å²) in [7, 11) is 0. The van der Waals surface area contributed by atoms with Crippen LogP contribution in [-0.2, 0) is 9.59 Å². The first-order valence-corrected chi connectivity index (χ1v) is 10.7. The summed E-state index contributed by atoms with van der Waals surface area (Å²) in [5, 5.41) is 5.36. The van der Waals surface area contributed by atoms with Gasteiger partial charge in [0.25, 0.3) is 0 Å². The third-order valence-electron chi connectivity index (χ3n) is 4.88. The maximum atomic E-state index is 12.4. The lowest BCUT2D eigenvalue weighted by molar-refractivity contribution is -0.136. The highest BCUT2D eigenvalue weighted by Gasteiger charge is 2.25. The first-order chi connectivity index (χ1) is 14.2. The molecule has 154 valence electrons. The lowest BCUT2D eigenvalue weighted by Gasteiger charge is -2.33. The molecule has 8 nitrogen and oxygen atoms in total. The number of benzene rings is 1. The summed E-state index contributed by atoms with van der Waals surface area (Å²) in [4.78, 5) is 27.0. The van der Waals surface area contributed by atoms with Crippen LogP contribution in [0.25, 0.3) is 0 Å². The highest BCUT2D eigenvalue weighted by Crippen LogP contribution is 2.32. The molecule has 1 aromatic heterocycles. The zero-order valence-corrected chi connectivity index (χ0v) is 16.7. The maximum absolute atomic E-state index is 12.4. The number of carbonyl (C=O) groups excluding carboxylic acids is 2. The van der Waals surface area contributed by atoms with Gasteiger partial charge in [-0.1, -0.05) is 0 Å². The zero-order chi connectivity index (χ0) is 20.1. The largest absolute Gasteiger partial charge is 0.486 e. The molecule has 29 heavy (non-hydrogen) atoms. The highest BCUT2D eigenvalue weighted by molar-refractivity contribution is 7.99. The van der Waals surface area contributed by atoms with Gasteiger partial charge in [-0.25, -0.2) is 0 Å². The van der Waals surface area contributed by atoms with Crippen LogP contribution >= 0.6 is 11.8 Å². The molecule has 2 amide bonds. The van der Waals surface area contributed by atoms with Crippen molar-refractivity contribution in [1.29, 1.82) is 0 Å². The van der Waals surface area contributed by atoms with Gasteiger partial charge in [-0.2, -0.15) is 11.8 Å². The Hall–Kier alpha value is -2.65. The first kappa shape index (κ1) is 19.7. The summed E-state index contributed by atoms with van der Waals surface area (Å²) in [6, 6.07) is 6.91. The number of ether oxygens (including phenoxy) is 2. The number of amides is 2. The Balaban J connectivity index is 1.35. The minimum Gasteiger partial charge on any atom is -0.486 e. The van der Waals surface area contributed by atoms with Gasteiger partial charge in [-0.3, -0.25) is 14.5 Å². The number of furan rings is 1. The maximum Gasteiger partial charge on any atom is 0.313 e. The standard InChI is InChI=1S/C20H23N3O5S/c24-19(20(25)22-15-1-2-17-18(11-15)28-8-7-27-17)21-12-16(14-3-6-26-13-14)23-4-9-29-10-5-23/h1-3,6,11,13,16H,4-5,7-10,12H2,(H,21,24)(H,22,25). The van der Waals surface area contributed by atoms with Gasteiger partial charge in [-0.05, 0) is 18.2 Å². The third kappa shape index (κ3) is 4.86. The Labute approximate surface area is 172 Å². The van der Waals surface area contributed by atoms with E-state index in [4.69, 9.17) is 13.9 Å². The van der Waals surface area contributed by atoms with E-state index in [9.17, 15) is 9.59 Å². The summed E-state index contributed by atoms with van der Waals surface area (Å²) in [5.41, 5.74) is 1.47. The van der Waals surface area contributed by atoms with Crippen molar-refractivity contribution in [2.75, 3.05) is 49.7 Å². The van der Waals surface area contributed by atoms with Crippen molar-refractivity contribution >= 4 is 29.3 Å². The SMILES string of the molecule is O=C(NCC(c1ccoc1)N1CCSCC1)C(=O)Nc1ccc2c(c1)OCCO2. The van der Waals surface area contributed by atoms with E-state index >= 15 is 0 Å². The molecule has 2 aromatic rings. The fourth-order valence-electron chi connectivity index (χ4n) is 3.39. The van der Waals surface area contributed by atoms with E-state index in [1.807, 2.05) is 17.8 Å². The van der Waals surface area contributed by atoms with Crippen molar-refractivity contribution in [3.05, 3.63) is 42.4 Å². The van der Waals surface area contributed by atoms with E-state index in [2.05, 4.69) is 15.5 Å². The summed E-state index contributed by atoms with van der Waals surface area (Å²) in [6.07, 6.45) is 3.31. The number of anilines is 1. The van der Waals surface area contributed by atoms with E-state index in [1.165, 1.54) is 0 Å². The molecular weight excluding hydrogens is 394 g/mol. The minimum atomic E-state index is -0.721. The number of nitrogens with zero attached hydrogens (tertiary/aromatic N) is 1. The lowest BCUT2D eigenvalue weighted by atomic mass is 10.1. The number of hydrogen-bond donors (Lipinski definition) is 2. The van der Waals surface area contributed by atoms with Crippen molar-refractivity contribution in [2.24, 2.45) is 0 Å². The smallest absolute Gasteiger partial charge is 0.313 e. The van der Waals surface area contributed by atoms with E-state index in [-0.39, 0.29) is 6.04 Å². The van der Waals surface area contributed by atoms with Crippen molar-refractivity contribution in [1.82, 2.24) is 10.2 Å². The van der Waals surface area contributed by atoms with Crippen LogP contribution in [0.5, 0.6) is 11.5 Å². The molecule has 2 aliphatic rings. The monoisotopic (exact) mass is 417 g/mol. The highest BCUT2D eigenvalue weighted by atomic mass is 32.2. The van der Waals surface area contributed by atoms with E-state index in [1.54, 1.807) is 30.7 Å². The molecule has 9 heteroatoms. The number of thioether (sulfide) groups is 1. The molecular formula is C20H23N3O5S. The molecule has 3 heterocycles. The molecule has 1 fully saturated rings. The number of nitrogens with one attached hydrogen (secondary N) is 2. The van der Waals surface area contributed by atoms with Crippen LogP contribution in [0.1, 0.15) is 11.6 Å². The number of fused-ring (bicyclic) bond motifs is 1. The quantitative estimate of drug-likeness (QED) is 0.718. The summed E-state index contributed by atoms with van der Waals surface area (Å²) in [5.74, 6) is 1.88. The Morgan fingerprint density at radius 3 is 2.62 bits per heavy atom. The van der Waals surface area contributed by atoms with Crippen LogP contribution in [0.15, 0.2) is 41.2 Å². The van der Waals surface area contributed by atoms with Crippen LogP contribution in [0.4, 0.5) is 5.69 Å². The molecule has 1 saturated heterocycles. The fraction of sp³-hybridized carbons (Fsp3) is 0.400. The minimum absolute atomic E-state index is 0.0271. The second kappa shape index (κ2) is 9.23. The van der Waals surface area contributed by atoms with E-state index in [0.29, 0.717) is 36.9 Å². The van der Waals surface area contributed by atoms with E-state index in [0.717, 1.165) is 30.2 Å². The lowest BCUT2D eigenvalue weighted by Crippen LogP contribution is -2.44. The topological polar surface area (TPSA) is 93.0 Å². The molecule has 2 aliphatic heterocycles. The van der Waals surface area contributed by atoms with Gasteiger partial charge >= 0.3 is 11.8 Å². The van der Waals surface area contributed by atoms with Crippen LogP contribution in [0.2, 0.25) is 0 Å². The second-order valence-electron chi connectivity index (χ2n) is 6.74. The van der Waals surface area contributed by atoms with Gasteiger partial charge in [0.05, 0.1) is 18.6 Å². The van der Waals surface area contributed by atoms with E-state index < -0.39 is 11.8 Å². The molecule has 2 N–H and O–H groups in total. The molecule has 4 rings (SSSR count). The van der Waals surface area contributed by atoms with Crippen LogP contribution in [0, 0.1) is 0 Å². The van der Waals surface area contributed by atoms with Gasteiger partial charge in [-0.15, -0.1) is 0 Å². The van der Waals surface area contributed by atoms with Gasteiger partial charge < -0.3 is 24.5 Å². The normalized spacial score (nSPS) is 17.4. The van der Waals surface area contributed by atoms with Crippen molar-refractivity contribution in [2.45, 2.75) is 6.04 Å². The molecule has 0 spiro atoms. The Bertz CT molecular complexity index is 852. The molecule has 0 aliphatic carbocycles. The molecule has 0 bridgehead atoms. The predicted molar refractivity (Wildman–Crippen MR) is 109 cm³/mol. The number of rotatable bonds is 5. The molecule has 1 unspecified atom stereocenters. The fourth-order valence-corrected chi connectivity index (χ4v) is 4.32. The summed E-state index contributed by atoms with van der Waals surface area (Å²) >= 11 is 1.92. The van der Waals surface area contributed by atoms with Gasteiger partial charge in [0, 0.05) is 48.5 Å². The summed E-state index contributed by atoms with van der Waals surface area (Å²) < 4.78 is 16.2. The van der Waals surface area contributed by atoms with Gasteiger partial charge in [0.1, 0.15) is 13.2 Å². The average molecular weight is 417 g/mol. The number of carbonyl (C=O) groups is 2. The van der Waals surface area contributed by atoms with Crippen molar-refractivity contribution < 1.29 is 23.5 Å². The van der Waals surface area contributed by atoms with Gasteiger partial charge in [0.2, 0.25) is 0 Å². The van der Waals surface area contributed by atoms with Crippen molar-refractivity contribution in [3.63, 3.8) is 0 Å². The van der Waals surface area contributed by atoms with Crippen LogP contribution in [-0.4, -0.2) is 61.1 Å². The summed E-state index contributed by atoms with van der Waals surface area (Å²) in [6.45, 7) is 3.14. The average Bonchev–Trinajstić information content (AvgIpc) is 3.29. The number of hydrogen-bond acceptors (Lipinski definition) is 7. The van der Waals surface area contributed by atoms with Gasteiger partial charge in [0.15, 0.2) is 11.5 Å². The molecule has 1 atom stereocenters. The second-order valence-corrected chi connectivity index (χ2v) is 7.97. The molecule has 0 saturated carbocycles. The molecule has 0 radical (unpaired) electrons. The van der Waals surface area contributed by atoms with Crippen LogP contribution in [0.3, 0.4) is 0 Å². The Morgan fingerprint density at radius 1 is 1.07 bits per heavy atom. The van der Waals surface area contributed by atoms with Crippen LogP contribution < -0.4 is 20.1 Å². The predicted octanol–water partition coefficient (Wildman–Crippen LogP) is 1.90. The first-order valence-electron chi connectivity index (χ1n) is 9.53. The third-order valence-corrected chi connectivity index (χ3v) is 5.82. The zero-order valence-electron chi connectivity index (χ0n) is 15.9. The Morgan fingerprint density at radius 2 is 1.86 bits per heavy atom. The Kier molecular flexibility index (Phi) is 6.26. The molecule has 1 aromatic carbocycles. The van der Waals surface area contributed by atoms with Crippen molar-refractivity contribution in [3.8, 4) is 11.5 Å².